The SMILES string of the molecule is O=C1Cc2cnc(NCCc3c[nH]c4ccc(Cl)cc34)nc2-c2ccc(Cl)cc2N1. The van der Waals surface area contributed by atoms with Gasteiger partial charge in [0, 0.05) is 51.0 Å². The van der Waals surface area contributed by atoms with Gasteiger partial charge in [-0.1, -0.05) is 23.2 Å². The van der Waals surface area contributed by atoms with Crippen molar-refractivity contribution in [2.45, 2.75) is 12.8 Å². The van der Waals surface area contributed by atoms with E-state index in [1.165, 1.54) is 5.56 Å². The zero-order valence-corrected chi connectivity index (χ0v) is 17.3. The van der Waals surface area contributed by atoms with Crippen molar-refractivity contribution in [2.75, 3.05) is 17.2 Å². The predicted molar refractivity (Wildman–Crippen MR) is 120 cm³/mol. The number of carbonyl (C=O) groups is 1. The third-order valence-corrected chi connectivity index (χ3v) is 5.60. The largest absolute Gasteiger partial charge is 0.361 e. The van der Waals surface area contributed by atoms with Gasteiger partial charge >= 0.3 is 0 Å². The van der Waals surface area contributed by atoms with Crippen LogP contribution in [0.1, 0.15) is 11.1 Å². The number of aromatic amines is 1. The standard InChI is InChI=1S/C22H17Cl2N5O/c23-14-2-4-18-17(8-14)12(10-26-18)5-6-25-22-27-11-13-7-20(30)28-19-9-15(24)1-3-16(19)21(13)29-22/h1-4,8-11,26H,5-7H2,(H,28,30)(H,25,27,29). The fourth-order valence-corrected chi connectivity index (χ4v) is 4.06. The first-order chi connectivity index (χ1) is 14.6. The molecule has 30 heavy (non-hydrogen) atoms. The van der Waals surface area contributed by atoms with Crippen LogP contribution >= 0.6 is 23.2 Å². The Morgan fingerprint density at radius 2 is 1.93 bits per heavy atom. The summed E-state index contributed by atoms with van der Waals surface area (Å²) in [7, 11) is 0. The molecule has 0 unspecified atom stereocenters. The molecule has 6 nitrogen and oxygen atoms in total. The molecule has 3 heterocycles. The van der Waals surface area contributed by atoms with Crippen molar-refractivity contribution in [3.8, 4) is 11.3 Å². The maximum Gasteiger partial charge on any atom is 0.228 e. The van der Waals surface area contributed by atoms with Crippen LogP contribution in [-0.2, 0) is 17.6 Å². The molecule has 1 aliphatic heterocycles. The minimum absolute atomic E-state index is 0.112. The van der Waals surface area contributed by atoms with E-state index in [9.17, 15) is 4.79 Å². The van der Waals surface area contributed by atoms with Gasteiger partial charge in [-0.15, -0.1) is 0 Å². The lowest BCUT2D eigenvalue weighted by Crippen LogP contribution is -2.13. The van der Waals surface area contributed by atoms with Crippen molar-refractivity contribution >= 4 is 51.6 Å². The monoisotopic (exact) mass is 437 g/mol. The van der Waals surface area contributed by atoms with E-state index < -0.39 is 0 Å². The zero-order chi connectivity index (χ0) is 20.7. The van der Waals surface area contributed by atoms with E-state index in [1.54, 1.807) is 18.3 Å². The summed E-state index contributed by atoms with van der Waals surface area (Å²) in [6.07, 6.45) is 4.71. The van der Waals surface area contributed by atoms with E-state index in [2.05, 4.69) is 25.6 Å². The average molecular weight is 438 g/mol. The van der Waals surface area contributed by atoms with Gasteiger partial charge in [-0.3, -0.25) is 4.79 Å². The molecule has 3 N–H and O–H groups in total. The van der Waals surface area contributed by atoms with Gasteiger partial charge in [-0.25, -0.2) is 9.97 Å². The topological polar surface area (TPSA) is 82.7 Å². The van der Waals surface area contributed by atoms with E-state index in [-0.39, 0.29) is 12.3 Å². The van der Waals surface area contributed by atoms with Crippen molar-refractivity contribution in [1.29, 1.82) is 0 Å². The molecule has 150 valence electrons. The first-order valence-electron chi connectivity index (χ1n) is 9.52. The van der Waals surface area contributed by atoms with Crippen LogP contribution in [0.15, 0.2) is 48.8 Å². The van der Waals surface area contributed by atoms with E-state index in [0.717, 1.165) is 34.1 Å². The molecular weight excluding hydrogens is 421 g/mol. The highest BCUT2D eigenvalue weighted by molar-refractivity contribution is 6.31. The van der Waals surface area contributed by atoms with E-state index in [0.29, 0.717) is 28.2 Å². The Balaban J connectivity index is 1.39. The molecule has 0 spiro atoms. The lowest BCUT2D eigenvalue weighted by molar-refractivity contribution is -0.115. The molecule has 0 aliphatic carbocycles. The molecule has 0 bridgehead atoms. The summed E-state index contributed by atoms with van der Waals surface area (Å²) >= 11 is 12.2. The normalized spacial score (nSPS) is 12.8. The first kappa shape index (κ1) is 18.9. The van der Waals surface area contributed by atoms with Crippen molar-refractivity contribution in [2.24, 2.45) is 0 Å². The Kier molecular flexibility index (Phi) is 4.81. The molecule has 0 saturated heterocycles. The van der Waals surface area contributed by atoms with Crippen LogP contribution in [0.25, 0.3) is 22.2 Å². The summed E-state index contributed by atoms with van der Waals surface area (Å²) < 4.78 is 0. The smallest absolute Gasteiger partial charge is 0.228 e. The van der Waals surface area contributed by atoms with Crippen LogP contribution in [-0.4, -0.2) is 27.4 Å². The van der Waals surface area contributed by atoms with Crippen LogP contribution in [0.5, 0.6) is 0 Å². The molecule has 2 aromatic heterocycles. The Morgan fingerprint density at radius 1 is 1.10 bits per heavy atom. The van der Waals surface area contributed by atoms with Gasteiger partial charge < -0.3 is 15.6 Å². The number of amides is 1. The maximum atomic E-state index is 12.2. The minimum Gasteiger partial charge on any atom is -0.361 e. The van der Waals surface area contributed by atoms with Crippen LogP contribution in [0.3, 0.4) is 0 Å². The summed E-state index contributed by atoms with van der Waals surface area (Å²) in [5.41, 5.74) is 5.23. The van der Waals surface area contributed by atoms with Crippen LogP contribution in [0.2, 0.25) is 10.0 Å². The van der Waals surface area contributed by atoms with Gasteiger partial charge in [-0.05, 0) is 48.4 Å². The van der Waals surface area contributed by atoms with Gasteiger partial charge in [0.05, 0.1) is 17.8 Å². The number of H-pyrrole nitrogens is 1. The fraction of sp³-hybridized carbons (Fsp3) is 0.136. The number of rotatable bonds is 4. The highest BCUT2D eigenvalue weighted by Crippen LogP contribution is 2.34. The average Bonchev–Trinajstić information content (AvgIpc) is 3.05. The van der Waals surface area contributed by atoms with Crippen LogP contribution in [0.4, 0.5) is 11.6 Å². The van der Waals surface area contributed by atoms with E-state index in [4.69, 9.17) is 23.2 Å². The molecule has 5 rings (SSSR count). The van der Waals surface area contributed by atoms with Gasteiger partial charge in [0.2, 0.25) is 11.9 Å². The number of nitrogens with one attached hydrogen (secondary N) is 3. The summed E-state index contributed by atoms with van der Waals surface area (Å²) in [6.45, 7) is 0.656. The summed E-state index contributed by atoms with van der Waals surface area (Å²) in [4.78, 5) is 24.5. The molecule has 0 fully saturated rings. The number of fused-ring (bicyclic) bond motifs is 4. The Bertz CT molecular complexity index is 1280. The number of hydrogen-bond acceptors (Lipinski definition) is 4. The van der Waals surface area contributed by atoms with Crippen molar-refractivity contribution in [3.63, 3.8) is 0 Å². The second-order valence-corrected chi connectivity index (χ2v) is 8.04. The Hall–Kier alpha value is -3.09. The molecule has 0 radical (unpaired) electrons. The predicted octanol–water partition coefficient (Wildman–Crippen LogP) is 5.08. The Morgan fingerprint density at radius 3 is 2.83 bits per heavy atom. The molecule has 0 atom stereocenters. The van der Waals surface area contributed by atoms with Gasteiger partial charge in [0.1, 0.15) is 0 Å². The molecule has 4 aromatic rings. The molecular formula is C22H17Cl2N5O. The zero-order valence-electron chi connectivity index (χ0n) is 15.8. The van der Waals surface area contributed by atoms with Gasteiger partial charge in [-0.2, -0.15) is 0 Å². The number of halogens is 2. The Labute approximate surface area is 182 Å². The second-order valence-electron chi connectivity index (χ2n) is 7.16. The number of anilines is 2. The minimum atomic E-state index is -0.112. The fourth-order valence-electron chi connectivity index (χ4n) is 3.71. The summed E-state index contributed by atoms with van der Waals surface area (Å²) in [5.74, 6) is 0.404. The summed E-state index contributed by atoms with van der Waals surface area (Å²) in [5, 5.41) is 8.56. The van der Waals surface area contributed by atoms with Crippen molar-refractivity contribution in [3.05, 3.63) is 70.0 Å². The first-order valence-corrected chi connectivity index (χ1v) is 10.3. The third-order valence-electron chi connectivity index (χ3n) is 5.13. The number of aromatic nitrogens is 3. The molecule has 0 saturated carbocycles. The summed E-state index contributed by atoms with van der Waals surface area (Å²) in [6, 6.07) is 11.2. The van der Waals surface area contributed by atoms with Gasteiger partial charge in [0.15, 0.2) is 0 Å². The lowest BCUT2D eigenvalue weighted by Gasteiger charge is -2.10. The van der Waals surface area contributed by atoms with Crippen molar-refractivity contribution < 1.29 is 4.79 Å². The quantitative estimate of drug-likeness (QED) is 0.415. The highest BCUT2D eigenvalue weighted by atomic mass is 35.5. The molecule has 8 heteroatoms. The number of carbonyl (C=O) groups excluding carboxylic acids is 1. The number of hydrogen-bond donors (Lipinski definition) is 3. The van der Waals surface area contributed by atoms with Crippen LogP contribution < -0.4 is 10.6 Å². The maximum absolute atomic E-state index is 12.2. The third kappa shape index (κ3) is 3.60. The van der Waals surface area contributed by atoms with Gasteiger partial charge in [0.25, 0.3) is 0 Å². The van der Waals surface area contributed by atoms with E-state index >= 15 is 0 Å². The molecule has 1 amide bonds. The molecule has 2 aromatic carbocycles. The van der Waals surface area contributed by atoms with Crippen molar-refractivity contribution in [1.82, 2.24) is 15.0 Å². The lowest BCUT2D eigenvalue weighted by atomic mass is 10.1. The number of nitrogens with zero attached hydrogens (tertiary/aromatic N) is 2. The molecule has 1 aliphatic rings. The highest BCUT2D eigenvalue weighted by Gasteiger charge is 2.21. The number of benzene rings is 2. The van der Waals surface area contributed by atoms with E-state index in [1.807, 2.05) is 30.5 Å². The second kappa shape index (κ2) is 7.63. The van der Waals surface area contributed by atoms with Crippen LogP contribution in [0, 0.1) is 0 Å².